The minimum atomic E-state index is -0.394. The van der Waals surface area contributed by atoms with Gasteiger partial charge in [-0.05, 0) is 55.3 Å². The molecule has 1 saturated heterocycles. The standard InChI is InChI=1S/C20H18FN3O3/c1-12-8-14(21)3-5-17(12)27-18-9-13(11-22)2-4-16(18)20(26)24-15-6-7-23-19(25)10-15/h2-5,8-9,15H,6-7,10H2,1H3,(H,23,25)(H,24,26). The van der Waals surface area contributed by atoms with E-state index in [0.29, 0.717) is 29.8 Å². The minimum absolute atomic E-state index is 0.107. The molecule has 3 rings (SSSR count). The number of nitrogens with zero attached hydrogens (tertiary/aromatic N) is 1. The molecule has 1 aliphatic heterocycles. The Balaban J connectivity index is 1.87. The fourth-order valence-electron chi connectivity index (χ4n) is 2.88. The van der Waals surface area contributed by atoms with Gasteiger partial charge in [0.05, 0.1) is 17.2 Å². The minimum Gasteiger partial charge on any atom is -0.456 e. The predicted molar refractivity (Wildman–Crippen MR) is 95.9 cm³/mol. The first-order valence-electron chi connectivity index (χ1n) is 8.52. The molecule has 1 atom stereocenters. The van der Waals surface area contributed by atoms with Gasteiger partial charge in [0, 0.05) is 19.0 Å². The summed E-state index contributed by atoms with van der Waals surface area (Å²) in [5.74, 6) is -0.308. The average molecular weight is 367 g/mol. The Hall–Kier alpha value is -3.40. The van der Waals surface area contributed by atoms with E-state index in [1.165, 1.54) is 36.4 Å². The molecule has 0 aromatic heterocycles. The number of rotatable bonds is 4. The SMILES string of the molecule is Cc1cc(F)ccc1Oc1cc(C#N)ccc1C(=O)NC1CCNC(=O)C1. The van der Waals surface area contributed by atoms with Crippen LogP contribution in [0.5, 0.6) is 11.5 Å². The number of carbonyl (C=O) groups excluding carboxylic acids is 2. The second-order valence-electron chi connectivity index (χ2n) is 6.35. The van der Waals surface area contributed by atoms with E-state index >= 15 is 0 Å². The van der Waals surface area contributed by atoms with Gasteiger partial charge in [-0.25, -0.2) is 4.39 Å². The first-order valence-corrected chi connectivity index (χ1v) is 8.52. The van der Waals surface area contributed by atoms with Crippen LogP contribution in [0, 0.1) is 24.1 Å². The summed E-state index contributed by atoms with van der Waals surface area (Å²) in [4.78, 5) is 24.2. The van der Waals surface area contributed by atoms with Crippen LogP contribution in [-0.4, -0.2) is 24.4 Å². The predicted octanol–water partition coefficient (Wildman–Crippen LogP) is 2.81. The molecule has 1 fully saturated rings. The molecule has 6 nitrogen and oxygen atoms in total. The van der Waals surface area contributed by atoms with Gasteiger partial charge in [-0.2, -0.15) is 5.26 Å². The number of hydrogen-bond acceptors (Lipinski definition) is 4. The highest BCUT2D eigenvalue weighted by Crippen LogP contribution is 2.29. The zero-order valence-corrected chi connectivity index (χ0v) is 14.7. The Morgan fingerprint density at radius 1 is 1.30 bits per heavy atom. The van der Waals surface area contributed by atoms with Gasteiger partial charge in [0.25, 0.3) is 5.91 Å². The molecular formula is C20H18FN3O3. The monoisotopic (exact) mass is 367 g/mol. The lowest BCUT2D eigenvalue weighted by atomic mass is 10.0. The number of piperidine rings is 1. The molecule has 1 unspecified atom stereocenters. The number of amides is 2. The third-order valence-corrected chi connectivity index (χ3v) is 4.29. The molecule has 0 aliphatic carbocycles. The number of halogens is 1. The van der Waals surface area contributed by atoms with Crippen molar-refractivity contribution in [3.05, 3.63) is 58.9 Å². The zero-order valence-electron chi connectivity index (χ0n) is 14.7. The molecule has 2 N–H and O–H groups in total. The van der Waals surface area contributed by atoms with Crippen molar-refractivity contribution in [2.24, 2.45) is 0 Å². The summed E-state index contributed by atoms with van der Waals surface area (Å²) in [5, 5.41) is 14.7. The summed E-state index contributed by atoms with van der Waals surface area (Å²) in [7, 11) is 0. The van der Waals surface area contributed by atoms with E-state index in [1.54, 1.807) is 6.92 Å². The fraction of sp³-hybridized carbons (Fsp3) is 0.250. The van der Waals surface area contributed by atoms with Gasteiger partial charge in [0.1, 0.15) is 17.3 Å². The van der Waals surface area contributed by atoms with Crippen LogP contribution in [-0.2, 0) is 4.79 Å². The largest absolute Gasteiger partial charge is 0.456 e. The quantitative estimate of drug-likeness (QED) is 0.869. The molecule has 0 radical (unpaired) electrons. The van der Waals surface area contributed by atoms with Crippen LogP contribution in [0.25, 0.3) is 0 Å². The molecule has 1 heterocycles. The van der Waals surface area contributed by atoms with Crippen molar-refractivity contribution in [3.63, 3.8) is 0 Å². The van der Waals surface area contributed by atoms with Crippen LogP contribution < -0.4 is 15.4 Å². The molecule has 138 valence electrons. The van der Waals surface area contributed by atoms with Gasteiger partial charge < -0.3 is 15.4 Å². The van der Waals surface area contributed by atoms with Gasteiger partial charge >= 0.3 is 0 Å². The van der Waals surface area contributed by atoms with E-state index in [2.05, 4.69) is 10.6 Å². The third kappa shape index (κ3) is 4.42. The number of carbonyl (C=O) groups is 2. The Bertz CT molecular complexity index is 937. The van der Waals surface area contributed by atoms with Crippen LogP contribution in [0.1, 0.15) is 34.3 Å². The number of benzene rings is 2. The fourth-order valence-corrected chi connectivity index (χ4v) is 2.88. The number of nitriles is 1. The summed E-state index contributed by atoms with van der Waals surface area (Å²) < 4.78 is 19.1. The van der Waals surface area contributed by atoms with Crippen molar-refractivity contribution in [1.82, 2.24) is 10.6 Å². The maximum absolute atomic E-state index is 13.3. The lowest BCUT2D eigenvalue weighted by Crippen LogP contribution is -2.45. The lowest BCUT2D eigenvalue weighted by Gasteiger charge is -2.23. The van der Waals surface area contributed by atoms with E-state index in [4.69, 9.17) is 10.00 Å². The van der Waals surface area contributed by atoms with E-state index in [9.17, 15) is 14.0 Å². The summed E-state index contributed by atoms with van der Waals surface area (Å²) in [6.07, 6.45) is 0.857. The summed E-state index contributed by atoms with van der Waals surface area (Å²) in [6, 6.07) is 10.3. The van der Waals surface area contributed by atoms with Crippen molar-refractivity contribution in [3.8, 4) is 17.6 Å². The Morgan fingerprint density at radius 2 is 2.11 bits per heavy atom. The normalized spacial score (nSPS) is 16.2. The molecule has 1 aliphatic rings. The molecule has 0 saturated carbocycles. The average Bonchev–Trinajstić information content (AvgIpc) is 2.64. The highest BCUT2D eigenvalue weighted by Gasteiger charge is 2.23. The van der Waals surface area contributed by atoms with E-state index in [1.807, 2.05) is 6.07 Å². The van der Waals surface area contributed by atoms with Crippen LogP contribution >= 0.6 is 0 Å². The number of hydrogen-bond donors (Lipinski definition) is 2. The van der Waals surface area contributed by atoms with Crippen molar-refractivity contribution in [1.29, 1.82) is 5.26 Å². The number of ether oxygens (including phenoxy) is 1. The Kier molecular flexibility index (Phi) is 5.36. The molecule has 27 heavy (non-hydrogen) atoms. The van der Waals surface area contributed by atoms with Gasteiger partial charge in [0.2, 0.25) is 5.91 Å². The molecule has 0 bridgehead atoms. The van der Waals surface area contributed by atoms with Crippen LogP contribution in [0.4, 0.5) is 4.39 Å². The zero-order chi connectivity index (χ0) is 19.4. The van der Waals surface area contributed by atoms with Crippen LogP contribution in [0.3, 0.4) is 0 Å². The van der Waals surface area contributed by atoms with Crippen molar-refractivity contribution >= 4 is 11.8 Å². The Morgan fingerprint density at radius 3 is 2.81 bits per heavy atom. The molecule has 2 amide bonds. The van der Waals surface area contributed by atoms with Gasteiger partial charge in [0.15, 0.2) is 0 Å². The maximum atomic E-state index is 13.3. The van der Waals surface area contributed by atoms with Crippen molar-refractivity contribution in [2.75, 3.05) is 6.54 Å². The lowest BCUT2D eigenvalue weighted by molar-refractivity contribution is -0.122. The van der Waals surface area contributed by atoms with Gasteiger partial charge in [-0.15, -0.1) is 0 Å². The molecule has 7 heteroatoms. The molecule has 2 aromatic carbocycles. The number of nitrogens with one attached hydrogen (secondary N) is 2. The van der Waals surface area contributed by atoms with Crippen LogP contribution in [0.2, 0.25) is 0 Å². The Labute approximate surface area is 155 Å². The summed E-state index contributed by atoms with van der Waals surface area (Å²) in [5.41, 5.74) is 1.13. The topological polar surface area (TPSA) is 91.2 Å². The second-order valence-corrected chi connectivity index (χ2v) is 6.35. The molecular weight excluding hydrogens is 349 g/mol. The second kappa shape index (κ2) is 7.87. The van der Waals surface area contributed by atoms with E-state index in [0.717, 1.165) is 0 Å². The van der Waals surface area contributed by atoms with E-state index in [-0.39, 0.29) is 35.5 Å². The highest BCUT2D eigenvalue weighted by atomic mass is 19.1. The third-order valence-electron chi connectivity index (χ3n) is 4.29. The highest BCUT2D eigenvalue weighted by molar-refractivity contribution is 5.97. The first kappa shape index (κ1) is 18.4. The van der Waals surface area contributed by atoms with Crippen LogP contribution in [0.15, 0.2) is 36.4 Å². The van der Waals surface area contributed by atoms with Crippen molar-refractivity contribution in [2.45, 2.75) is 25.8 Å². The van der Waals surface area contributed by atoms with Gasteiger partial charge in [-0.3, -0.25) is 9.59 Å². The molecule has 2 aromatic rings. The number of aryl methyl sites for hydroxylation is 1. The summed E-state index contributed by atoms with van der Waals surface area (Å²) in [6.45, 7) is 2.20. The summed E-state index contributed by atoms with van der Waals surface area (Å²) >= 11 is 0. The molecule has 0 spiro atoms. The van der Waals surface area contributed by atoms with Crippen molar-refractivity contribution < 1.29 is 18.7 Å². The first-order chi connectivity index (χ1) is 13.0. The van der Waals surface area contributed by atoms with Gasteiger partial charge in [-0.1, -0.05) is 0 Å². The smallest absolute Gasteiger partial charge is 0.255 e. The maximum Gasteiger partial charge on any atom is 0.255 e. The van der Waals surface area contributed by atoms with E-state index < -0.39 is 5.91 Å².